The molecule has 0 aromatic heterocycles. The van der Waals surface area contributed by atoms with Gasteiger partial charge in [-0.25, -0.2) is 0 Å². The number of hydrogen-bond donors (Lipinski definition) is 2. The van der Waals surface area contributed by atoms with E-state index in [1.165, 1.54) is 11.8 Å². The van der Waals surface area contributed by atoms with Crippen molar-refractivity contribution >= 4 is 34.4 Å². The molecule has 1 aromatic rings. The number of hydrogen-bond acceptors (Lipinski definition) is 4. The molecular formula is C16H21N3O2S. The minimum atomic E-state index is -0.405. The van der Waals surface area contributed by atoms with Crippen LogP contribution in [0.4, 0.5) is 5.69 Å². The third kappa shape index (κ3) is 3.68. The normalized spacial score (nSPS) is 19.3. The number of amidine groups is 1. The van der Waals surface area contributed by atoms with Crippen molar-refractivity contribution in [1.82, 2.24) is 5.32 Å². The van der Waals surface area contributed by atoms with Gasteiger partial charge in [0.05, 0.1) is 0 Å². The topological polar surface area (TPSA) is 70.6 Å². The fourth-order valence-electron chi connectivity index (χ4n) is 2.41. The Morgan fingerprint density at radius 1 is 1.32 bits per heavy atom. The predicted molar refractivity (Wildman–Crippen MR) is 91.3 cm³/mol. The standard InChI is InChI=1S/C16H21N3O2S/c1-4-10-7-6-8-11(5-2)14(10)18-13(20)9-12-15(21)19-16(17-3)22-12/h6-8,12H,4-5,9H2,1-3H3,(H,18,20)(H,17,19,21)/t12-/m0/s1. The van der Waals surface area contributed by atoms with E-state index in [1.54, 1.807) is 7.05 Å². The smallest absolute Gasteiger partial charge is 0.240 e. The minimum Gasteiger partial charge on any atom is -0.326 e. The number of nitrogens with zero attached hydrogens (tertiary/aromatic N) is 1. The second-order valence-electron chi connectivity index (χ2n) is 5.04. The van der Waals surface area contributed by atoms with Gasteiger partial charge >= 0.3 is 0 Å². The molecule has 22 heavy (non-hydrogen) atoms. The monoisotopic (exact) mass is 319 g/mol. The number of carbonyl (C=O) groups excluding carboxylic acids is 2. The molecule has 0 spiro atoms. The maximum atomic E-state index is 12.3. The van der Waals surface area contributed by atoms with Crippen LogP contribution in [0, 0.1) is 0 Å². The summed E-state index contributed by atoms with van der Waals surface area (Å²) in [4.78, 5) is 28.0. The van der Waals surface area contributed by atoms with Crippen LogP contribution in [0.1, 0.15) is 31.4 Å². The van der Waals surface area contributed by atoms with Gasteiger partial charge in [-0.1, -0.05) is 43.8 Å². The zero-order valence-corrected chi connectivity index (χ0v) is 13.9. The van der Waals surface area contributed by atoms with Gasteiger partial charge in [-0.3, -0.25) is 14.6 Å². The van der Waals surface area contributed by atoms with E-state index in [9.17, 15) is 9.59 Å². The van der Waals surface area contributed by atoms with Crippen molar-refractivity contribution in [2.45, 2.75) is 38.4 Å². The molecule has 1 fully saturated rings. The second-order valence-corrected chi connectivity index (χ2v) is 6.23. The highest BCUT2D eigenvalue weighted by molar-refractivity contribution is 8.15. The maximum Gasteiger partial charge on any atom is 0.240 e. The van der Waals surface area contributed by atoms with Gasteiger partial charge < -0.3 is 10.6 Å². The summed E-state index contributed by atoms with van der Waals surface area (Å²) < 4.78 is 0. The molecule has 6 heteroatoms. The summed E-state index contributed by atoms with van der Waals surface area (Å²) in [6, 6.07) is 6.05. The number of anilines is 1. The zero-order chi connectivity index (χ0) is 16.1. The molecule has 1 aliphatic heterocycles. The van der Waals surface area contributed by atoms with Crippen LogP contribution in [0.2, 0.25) is 0 Å². The van der Waals surface area contributed by atoms with Crippen LogP contribution in [-0.2, 0) is 22.4 Å². The minimum absolute atomic E-state index is 0.138. The van der Waals surface area contributed by atoms with E-state index in [0.717, 1.165) is 29.7 Å². The number of thioether (sulfide) groups is 1. The van der Waals surface area contributed by atoms with Gasteiger partial charge in [0.2, 0.25) is 11.8 Å². The molecule has 1 aromatic carbocycles. The lowest BCUT2D eigenvalue weighted by Crippen LogP contribution is -2.28. The lowest BCUT2D eigenvalue weighted by molar-refractivity contribution is -0.122. The van der Waals surface area contributed by atoms with Crippen molar-refractivity contribution < 1.29 is 9.59 Å². The molecule has 1 atom stereocenters. The Morgan fingerprint density at radius 2 is 1.95 bits per heavy atom. The number of aliphatic imine (C=N–C) groups is 1. The molecule has 0 saturated carbocycles. The molecule has 118 valence electrons. The van der Waals surface area contributed by atoms with Gasteiger partial charge in [-0.2, -0.15) is 0 Å². The molecule has 0 bridgehead atoms. The summed E-state index contributed by atoms with van der Waals surface area (Å²) in [6.07, 6.45) is 1.86. The van der Waals surface area contributed by atoms with E-state index < -0.39 is 5.25 Å². The Kier molecular flexibility index (Phi) is 5.60. The summed E-state index contributed by atoms with van der Waals surface area (Å²) in [5.74, 6) is -0.291. The van der Waals surface area contributed by atoms with Crippen molar-refractivity contribution in [3.8, 4) is 0 Å². The Hall–Kier alpha value is -1.82. The van der Waals surface area contributed by atoms with E-state index in [0.29, 0.717) is 5.17 Å². The highest BCUT2D eigenvalue weighted by atomic mass is 32.2. The number of benzene rings is 1. The molecular weight excluding hydrogens is 298 g/mol. The number of aryl methyl sites for hydroxylation is 2. The fraction of sp³-hybridized carbons (Fsp3) is 0.438. The van der Waals surface area contributed by atoms with Crippen molar-refractivity contribution in [2.24, 2.45) is 4.99 Å². The van der Waals surface area contributed by atoms with Gasteiger partial charge in [0.15, 0.2) is 5.17 Å². The van der Waals surface area contributed by atoms with Gasteiger partial charge in [0, 0.05) is 19.2 Å². The average Bonchev–Trinajstić information content (AvgIpc) is 2.87. The summed E-state index contributed by atoms with van der Waals surface area (Å²) >= 11 is 1.31. The molecule has 1 saturated heterocycles. The number of nitrogens with one attached hydrogen (secondary N) is 2. The number of amides is 2. The van der Waals surface area contributed by atoms with Crippen LogP contribution < -0.4 is 10.6 Å². The SMILES string of the molecule is CCc1cccc(CC)c1NC(=O)C[C@@H]1SC(=NC)NC1=O. The maximum absolute atomic E-state index is 12.3. The average molecular weight is 319 g/mol. The summed E-state index contributed by atoms with van der Waals surface area (Å²) in [7, 11) is 1.62. The summed E-state index contributed by atoms with van der Waals surface area (Å²) in [5.41, 5.74) is 3.13. The van der Waals surface area contributed by atoms with Gasteiger partial charge in [0.25, 0.3) is 0 Å². The lowest BCUT2D eigenvalue weighted by atomic mass is 10.0. The van der Waals surface area contributed by atoms with Crippen LogP contribution in [0.25, 0.3) is 0 Å². The molecule has 0 aliphatic carbocycles. The number of carbonyl (C=O) groups is 2. The third-order valence-corrected chi connectivity index (χ3v) is 4.79. The van der Waals surface area contributed by atoms with Gasteiger partial charge in [0.1, 0.15) is 5.25 Å². The van der Waals surface area contributed by atoms with E-state index in [2.05, 4.69) is 29.5 Å². The fourth-order valence-corrected chi connectivity index (χ4v) is 3.34. The van der Waals surface area contributed by atoms with Crippen molar-refractivity contribution in [2.75, 3.05) is 12.4 Å². The molecule has 5 nitrogen and oxygen atoms in total. The molecule has 2 rings (SSSR count). The van der Waals surface area contributed by atoms with Gasteiger partial charge in [-0.05, 0) is 24.0 Å². The van der Waals surface area contributed by atoms with E-state index in [-0.39, 0.29) is 18.2 Å². The quantitative estimate of drug-likeness (QED) is 0.875. The van der Waals surface area contributed by atoms with Gasteiger partial charge in [-0.15, -0.1) is 0 Å². The van der Waals surface area contributed by atoms with Crippen molar-refractivity contribution in [3.63, 3.8) is 0 Å². The zero-order valence-electron chi connectivity index (χ0n) is 13.1. The first-order valence-corrected chi connectivity index (χ1v) is 8.31. The van der Waals surface area contributed by atoms with Crippen LogP contribution in [0.15, 0.2) is 23.2 Å². The molecule has 1 heterocycles. The van der Waals surface area contributed by atoms with E-state index in [1.807, 2.05) is 18.2 Å². The first-order chi connectivity index (χ1) is 10.6. The third-order valence-electron chi connectivity index (χ3n) is 3.61. The highest BCUT2D eigenvalue weighted by Crippen LogP contribution is 2.25. The Balaban J connectivity index is 2.08. The Morgan fingerprint density at radius 3 is 2.45 bits per heavy atom. The number of rotatable bonds is 5. The molecule has 0 radical (unpaired) electrons. The molecule has 1 aliphatic rings. The van der Waals surface area contributed by atoms with Crippen molar-refractivity contribution in [1.29, 1.82) is 0 Å². The first kappa shape index (κ1) is 16.5. The highest BCUT2D eigenvalue weighted by Gasteiger charge is 2.31. The Labute approximate surface area is 135 Å². The van der Waals surface area contributed by atoms with Crippen LogP contribution in [0.3, 0.4) is 0 Å². The Bertz CT molecular complexity index is 591. The first-order valence-electron chi connectivity index (χ1n) is 7.43. The molecule has 2 amide bonds. The second kappa shape index (κ2) is 7.45. The van der Waals surface area contributed by atoms with Crippen molar-refractivity contribution in [3.05, 3.63) is 29.3 Å². The van der Waals surface area contributed by atoms with Crippen LogP contribution in [-0.4, -0.2) is 29.3 Å². The predicted octanol–water partition coefficient (Wildman–Crippen LogP) is 2.36. The van der Waals surface area contributed by atoms with E-state index >= 15 is 0 Å². The van der Waals surface area contributed by atoms with Crippen LogP contribution in [0.5, 0.6) is 0 Å². The van der Waals surface area contributed by atoms with E-state index in [4.69, 9.17) is 0 Å². The number of para-hydroxylation sites is 1. The summed E-state index contributed by atoms with van der Waals surface area (Å²) in [5, 5.41) is 5.82. The molecule has 2 N–H and O–H groups in total. The van der Waals surface area contributed by atoms with Crippen LogP contribution >= 0.6 is 11.8 Å². The summed E-state index contributed by atoms with van der Waals surface area (Å²) in [6.45, 7) is 4.13. The molecule has 0 unspecified atom stereocenters. The largest absolute Gasteiger partial charge is 0.326 e. The lowest BCUT2D eigenvalue weighted by Gasteiger charge is -2.15.